The highest BCUT2D eigenvalue weighted by Gasteiger charge is 2.06. The fraction of sp³-hybridized carbons (Fsp3) is 0.600. The number of H-pyrrole nitrogens is 1. The number of rotatable bonds is 3. The molecule has 0 atom stereocenters. The molecule has 0 aromatic carbocycles. The van der Waals surface area contributed by atoms with Crippen molar-refractivity contribution in [3.05, 3.63) is 10.4 Å². The summed E-state index contributed by atoms with van der Waals surface area (Å²) in [5.74, 6) is 0.445. The molecule has 11 heavy (non-hydrogen) atoms. The molecule has 6 heteroatoms. The Hall–Kier alpha value is -0.880. The first-order chi connectivity index (χ1) is 5.25. The molecule has 0 unspecified atom stereocenters. The predicted molar refractivity (Wildman–Crippen MR) is 45.1 cm³/mol. The van der Waals surface area contributed by atoms with Crippen molar-refractivity contribution in [2.75, 3.05) is 25.0 Å². The van der Waals surface area contributed by atoms with Gasteiger partial charge in [0.2, 0.25) is 5.82 Å². The van der Waals surface area contributed by atoms with E-state index in [2.05, 4.69) is 8.75 Å². The van der Waals surface area contributed by atoms with Crippen LogP contribution in [0.15, 0.2) is 4.79 Å². The second-order valence-corrected chi connectivity index (χ2v) is 2.72. The summed E-state index contributed by atoms with van der Waals surface area (Å²) >= 11 is 1.05. The van der Waals surface area contributed by atoms with Crippen LogP contribution in [0.3, 0.4) is 0 Å². The highest BCUT2D eigenvalue weighted by molar-refractivity contribution is 6.99. The number of nitrogens with one attached hydrogen (secondary N) is 1. The maximum absolute atomic E-state index is 10.9. The molecule has 1 aromatic heterocycles. The van der Waals surface area contributed by atoms with Gasteiger partial charge in [-0.3, -0.25) is 9.17 Å². The lowest BCUT2D eigenvalue weighted by Crippen LogP contribution is -2.28. The third kappa shape index (κ3) is 1.78. The SMILES string of the molecule is CN(CCN)c1ns[nH]c1=O. The molecule has 0 spiro atoms. The number of likely N-dealkylation sites (N-methyl/N-ethyl adjacent to an activating group) is 1. The zero-order valence-corrected chi connectivity index (χ0v) is 7.02. The summed E-state index contributed by atoms with van der Waals surface area (Å²) in [6.07, 6.45) is 0. The van der Waals surface area contributed by atoms with Crippen molar-refractivity contribution in [3.8, 4) is 0 Å². The minimum atomic E-state index is -0.147. The van der Waals surface area contributed by atoms with Gasteiger partial charge < -0.3 is 10.6 Å². The predicted octanol–water partition coefficient (Wildman–Crippen LogP) is -0.774. The molecule has 1 heterocycles. The van der Waals surface area contributed by atoms with Crippen molar-refractivity contribution >= 4 is 17.5 Å². The molecule has 1 aromatic rings. The molecule has 0 fully saturated rings. The van der Waals surface area contributed by atoms with Gasteiger partial charge in [0.05, 0.1) is 0 Å². The zero-order chi connectivity index (χ0) is 8.27. The lowest BCUT2D eigenvalue weighted by atomic mass is 10.5. The standard InChI is InChI=1S/C5H10N4OS/c1-9(3-2-6)4-5(10)8-11-7-4/h2-3,6H2,1H3,(H,8,10). The van der Waals surface area contributed by atoms with Gasteiger partial charge in [-0.15, -0.1) is 0 Å². The summed E-state index contributed by atoms with van der Waals surface area (Å²) in [5, 5.41) is 0. The van der Waals surface area contributed by atoms with Crippen LogP contribution in [0.25, 0.3) is 0 Å². The van der Waals surface area contributed by atoms with E-state index in [0.717, 1.165) is 11.7 Å². The van der Waals surface area contributed by atoms with Gasteiger partial charge in [0.15, 0.2) is 0 Å². The summed E-state index contributed by atoms with van der Waals surface area (Å²) in [7, 11) is 1.79. The van der Waals surface area contributed by atoms with Gasteiger partial charge in [0.25, 0.3) is 0 Å². The first kappa shape index (κ1) is 8.22. The second-order valence-electron chi connectivity index (χ2n) is 2.15. The zero-order valence-electron chi connectivity index (χ0n) is 6.20. The Morgan fingerprint density at radius 2 is 2.55 bits per heavy atom. The lowest BCUT2D eigenvalue weighted by molar-refractivity contribution is 0.870. The van der Waals surface area contributed by atoms with Crippen LogP contribution in [0.1, 0.15) is 0 Å². The first-order valence-corrected chi connectivity index (χ1v) is 3.98. The monoisotopic (exact) mass is 174 g/mol. The van der Waals surface area contributed by atoms with Gasteiger partial charge in [-0.2, -0.15) is 4.37 Å². The van der Waals surface area contributed by atoms with Crippen LogP contribution in [0.2, 0.25) is 0 Å². The van der Waals surface area contributed by atoms with Crippen molar-refractivity contribution < 1.29 is 0 Å². The Kier molecular flexibility index (Phi) is 2.61. The summed E-state index contributed by atoms with van der Waals surface area (Å²) < 4.78 is 6.38. The van der Waals surface area contributed by atoms with E-state index in [9.17, 15) is 4.79 Å². The van der Waals surface area contributed by atoms with Gasteiger partial charge in [0.1, 0.15) is 0 Å². The van der Waals surface area contributed by atoms with E-state index in [4.69, 9.17) is 5.73 Å². The topological polar surface area (TPSA) is 75.0 Å². The minimum Gasteiger partial charge on any atom is -0.353 e. The number of aromatic amines is 1. The molecule has 0 saturated heterocycles. The average Bonchev–Trinajstić information content (AvgIpc) is 2.36. The quantitative estimate of drug-likeness (QED) is 0.630. The van der Waals surface area contributed by atoms with Gasteiger partial charge in [0, 0.05) is 31.9 Å². The number of nitrogens with zero attached hydrogens (tertiary/aromatic N) is 2. The first-order valence-electron chi connectivity index (χ1n) is 3.21. The molecule has 3 N–H and O–H groups in total. The Balaban J connectivity index is 2.75. The lowest BCUT2D eigenvalue weighted by Gasteiger charge is -2.11. The minimum absolute atomic E-state index is 0.147. The van der Waals surface area contributed by atoms with Crippen molar-refractivity contribution in [2.45, 2.75) is 0 Å². The van der Waals surface area contributed by atoms with Gasteiger partial charge >= 0.3 is 5.56 Å². The fourth-order valence-electron chi connectivity index (χ4n) is 0.737. The molecule has 0 radical (unpaired) electrons. The third-order valence-electron chi connectivity index (χ3n) is 1.30. The van der Waals surface area contributed by atoms with Crippen LogP contribution < -0.4 is 16.2 Å². The van der Waals surface area contributed by atoms with Crippen molar-refractivity contribution in [2.24, 2.45) is 5.73 Å². The van der Waals surface area contributed by atoms with E-state index in [1.165, 1.54) is 0 Å². The largest absolute Gasteiger partial charge is 0.353 e. The number of hydrogen-bond donors (Lipinski definition) is 2. The molecular weight excluding hydrogens is 164 g/mol. The third-order valence-corrected chi connectivity index (χ3v) is 1.84. The number of nitrogens with two attached hydrogens (primary N) is 1. The van der Waals surface area contributed by atoms with Gasteiger partial charge in [-0.1, -0.05) is 0 Å². The Labute approximate surface area is 68.1 Å². The number of aromatic nitrogens is 2. The van der Waals surface area contributed by atoms with Crippen LogP contribution >= 0.6 is 11.7 Å². The normalized spacial score (nSPS) is 10.0. The Bertz CT molecular complexity index is 267. The Morgan fingerprint density at radius 3 is 3.00 bits per heavy atom. The van der Waals surface area contributed by atoms with E-state index in [1.807, 2.05) is 0 Å². The van der Waals surface area contributed by atoms with Crippen molar-refractivity contribution in [3.63, 3.8) is 0 Å². The highest BCUT2D eigenvalue weighted by Crippen LogP contribution is 1.99. The molecule has 0 aliphatic rings. The average molecular weight is 174 g/mol. The van der Waals surface area contributed by atoms with Gasteiger partial charge in [-0.05, 0) is 0 Å². The van der Waals surface area contributed by atoms with Crippen molar-refractivity contribution in [1.29, 1.82) is 0 Å². The van der Waals surface area contributed by atoms with E-state index in [1.54, 1.807) is 11.9 Å². The van der Waals surface area contributed by atoms with Crippen LogP contribution in [0, 0.1) is 0 Å². The molecular formula is C5H10N4OS. The van der Waals surface area contributed by atoms with E-state index < -0.39 is 0 Å². The molecule has 0 bridgehead atoms. The van der Waals surface area contributed by atoms with Crippen LogP contribution in [0.4, 0.5) is 5.82 Å². The number of hydrogen-bond acceptors (Lipinski definition) is 5. The molecule has 62 valence electrons. The maximum Gasteiger partial charge on any atom is 0.302 e. The number of anilines is 1. The highest BCUT2D eigenvalue weighted by atomic mass is 32.1. The second kappa shape index (κ2) is 3.49. The van der Waals surface area contributed by atoms with Gasteiger partial charge in [-0.25, -0.2) is 0 Å². The van der Waals surface area contributed by atoms with Crippen LogP contribution in [-0.2, 0) is 0 Å². The van der Waals surface area contributed by atoms with E-state index >= 15 is 0 Å². The molecule has 0 aliphatic heterocycles. The summed E-state index contributed by atoms with van der Waals surface area (Å²) in [6.45, 7) is 1.17. The van der Waals surface area contributed by atoms with Crippen LogP contribution in [-0.4, -0.2) is 28.9 Å². The van der Waals surface area contributed by atoms with Crippen molar-refractivity contribution in [1.82, 2.24) is 8.75 Å². The molecule has 5 nitrogen and oxygen atoms in total. The Morgan fingerprint density at radius 1 is 1.82 bits per heavy atom. The summed E-state index contributed by atoms with van der Waals surface area (Å²) in [4.78, 5) is 12.7. The fourth-order valence-corrected chi connectivity index (χ4v) is 1.27. The van der Waals surface area contributed by atoms with E-state index in [-0.39, 0.29) is 5.56 Å². The molecule has 0 aliphatic carbocycles. The summed E-state index contributed by atoms with van der Waals surface area (Å²) in [5.41, 5.74) is 5.16. The molecule has 0 amide bonds. The smallest absolute Gasteiger partial charge is 0.302 e. The summed E-state index contributed by atoms with van der Waals surface area (Å²) in [6, 6.07) is 0. The maximum atomic E-state index is 10.9. The van der Waals surface area contributed by atoms with E-state index in [0.29, 0.717) is 18.9 Å². The molecule has 0 saturated carbocycles. The van der Waals surface area contributed by atoms with Crippen LogP contribution in [0.5, 0.6) is 0 Å². The molecule has 1 rings (SSSR count).